The maximum absolute atomic E-state index is 12.5. The fourth-order valence-electron chi connectivity index (χ4n) is 8.93. The van der Waals surface area contributed by atoms with Gasteiger partial charge in [-0.15, -0.1) is 0 Å². The van der Waals surface area contributed by atoms with Gasteiger partial charge >= 0.3 is 5.97 Å². The first-order valence-electron chi connectivity index (χ1n) is 28.5. The number of amides is 1. The number of rotatable bonds is 53. The van der Waals surface area contributed by atoms with Crippen molar-refractivity contribution in [1.82, 2.24) is 5.32 Å². The van der Waals surface area contributed by atoms with Crippen LogP contribution in [0.4, 0.5) is 0 Å². The van der Waals surface area contributed by atoms with Crippen LogP contribution in [0.1, 0.15) is 316 Å². The summed E-state index contributed by atoms with van der Waals surface area (Å²) in [4.78, 5) is 24.5. The third-order valence-corrected chi connectivity index (χ3v) is 13.3. The molecule has 3 N–H and O–H groups in total. The summed E-state index contributed by atoms with van der Waals surface area (Å²) in [5.74, 6) is -0.0951. The molecule has 374 valence electrons. The molecular formula is C57H111NO5. The van der Waals surface area contributed by atoms with Crippen LogP contribution in [0.3, 0.4) is 0 Å². The van der Waals surface area contributed by atoms with Crippen LogP contribution in [0.5, 0.6) is 0 Å². The van der Waals surface area contributed by atoms with E-state index in [2.05, 4.69) is 19.2 Å². The van der Waals surface area contributed by atoms with Gasteiger partial charge in [-0.1, -0.05) is 283 Å². The zero-order valence-corrected chi connectivity index (χ0v) is 42.6. The molecule has 0 bridgehead atoms. The number of unbranched alkanes of at least 4 members (excludes halogenated alkanes) is 42. The standard InChI is InChI=1S/C57H111NO5/c1-3-5-7-9-11-13-15-17-19-20-21-22-23-25-26-29-33-37-41-45-49-55(60)54(53-59)58-56(61)50-46-42-38-34-30-28-32-36-40-44-48-52-63-57(62)51-47-43-39-35-31-27-24-18-16-14-12-10-8-6-4-2/h45,49,54-55,59-60H,3-44,46-48,50-53H2,1-2H3,(H,58,61)/b49-45+. The number of hydrogen-bond donors (Lipinski definition) is 3. The fraction of sp³-hybridized carbons (Fsp3) is 0.930. The second kappa shape index (κ2) is 53.2. The number of aliphatic hydroxyl groups is 2. The summed E-state index contributed by atoms with van der Waals surface area (Å²) in [6.45, 7) is 4.89. The van der Waals surface area contributed by atoms with E-state index in [0.29, 0.717) is 19.4 Å². The average molecular weight is 891 g/mol. The maximum atomic E-state index is 12.5. The topological polar surface area (TPSA) is 95.9 Å². The lowest BCUT2D eigenvalue weighted by Gasteiger charge is -2.20. The van der Waals surface area contributed by atoms with Crippen LogP contribution in [-0.2, 0) is 14.3 Å². The summed E-state index contributed by atoms with van der Waals surface area (Å²) in [6, 6.07) is -0.641. The number of hydrogen-bond acceptors (Lipinski definition) is 5. The van der Waals surface area contributed by atoms with Crippen molar-refractivity contribution >= 4 is 11.9 Å². The number of aliphatic hydroxyl groups excluding tert-OH is 2. The second-order valence-corrected chi connectivity index (χ2v) is 19.6. The molecule has 0 aromatic heterocycles. The fourth-order valence-corrected chi connectivity index (χ4v) is 8.93. The molecule has 6 heteroatoms. The van der Waals surface area contributed by atoms with Crippen molar-refractivity contribution in [2.75, 3.05) is 13.2 Å². The maximum Gasteiger partial charge on any atom is 0.305 e. The van der Waals surface area contributed by atoms with Crippen LogP contribution in [-0.4, -0.2) is 47.4 Å². The SMILES string of the molecule is CCCCCCCCCCCCCCCCCCCC/C=C/C(O)C(CO)NC(=O)CCCCCCCCCCCCCOC(=O)CCCCCCCCCCCCCCCCC. The van der Waals surface area contributed by atoms with Crippen molar-refractivity contribution in [2.45, 2.75) is 328 Å². The summed E-state index contributed by atoms with van der Waals surface area (Å²) in [6.07, 6.45) is 62.2. The van der Waals surface area contributed by atoms with Gasteiger partial charge in [0.05, 0.1) is 25.4 Å². The minimum atomic E-state index is -0.856. The van der Waals surface area contributed by atoms with E-state index < -0.39 is 12.1 Å². The highest BCUT2D eigenvalue weighted by atomic mass is 16.5. The average Bonchev–Trinajstić information content (AvgIpc) is 3.28. The van der Waals surface area contributed by atoms with E-state index in [4.69, 9.17) is 4.74 Å². The van der Waals surface area contributed by atoms with Gasteiger partial charge in [-0.3, -0.25) is 9.59 Å². The zero-order chi connectivity index (χ0) is 45.8. The molecule has 2 atom stereocenters. The lowest BCUT2D eigenvalue weighted by molar-refractivity contribution is -0.143. The molecule has 0 aliphatic carbocycles. The molecule has 1 amide bonds. The number of carbonyl (C=O) groups excluding carboxylic acids is 2. The van der Waals surface area contributed by atoms with Gasteiger partial charge in [0.2, 0.25) is 5.91 Å². The number of carbonyl (C=O) groups is 2. The highest BCUT2D eigenvalue weighted by Gasteiger charge is 2.18. The molecule has 0 aliphatic rings. The first-order chi connectivity index (χ1) is 31.0. The Morgan fingerprint density at radius 2 is 0.730 bits per heavy atom. The quantitative estimate of drug-likeness (QED) is 0.0321. The van der Waals surface area contributed by atoms with E-state index in [9.17, 15) is 19.8 Å². The number of esters is 1. The molecule has 0 radical (unpaired) electrons. The summed E-state index contributed by atoms with van der Waals surface area (Å²) in [5, 5.41) is 23.1. The third-order valence-electron chi connectivity index (χ3n) is 13.3. The van der Waals surface area contributed by atoms with Gasteiger partial charge in [0, 0.05) is 12.8 Å². The van der Waals surface area contributed by atoms with Gasteiger partial charge in [0.25, 0.3) is 0 Å². The monoisotopic (exact) mass is 890 g/mol. The molecule has 0 fully saturated rings. The highest BCUT2D eigenvalue weighted by molar-refractivity contribution is 5.76. The molecule has 2 unspecified atom stereocenters. The Labute approximate surface area is 393 Å². The van der Waals surface area contributed by atoms with Crippen LogP contribution >= 0.6 is 0 Å². The predicted octanol–water partition coefficient (Wildman–Crippen LogP) is 17.3. The van der Waals surface area contributed by atoms with Crippen LogP contribution in [0.25, 0.3) is 0 Å². The lowest BCUT2D eigenvalue weighted by Crippen LogP contribution is -2.45. The third kappa shape index (κ3) is 49.9. The first-order valence-corrected chi connectivity index (χ1v) is 28.5. The van der Waals surface area contributed by atoms with Crippen molar-refractivity contribution in [2.24, 2.45) is 0 Å². The second-order valence-electron chi connectivity index (χ2n) is 19.6. The molecular weight excluding hydrogens is 779 g/mol. The van der Waals surface area contributed by atoms with Crippen molar-refractivity contribution in [3.8, 4) is 0 Å². The first kappa shape index (κ1) is 61.6. The van der Waals surface area contributed by atoms with Crippen LogP contribution in [0, 0.1) is 0 Å². The van der Waals surface area contributed by atoms with Crippen molar-refractivity contribution < 1.29 is 24.5 Å². The smallest absolute Gasteiger partial charge is 0.305 e. The van der Waals surface area contributed by atoms with Gasteiger partial charge in [-0.2, -0.15) is 0 Å². The van der Waals surface area contributed by atoms with Crippen LogP contribution in [0.2, 0.25) is 0 Å². The van der Waals surface area contributed by atoms with Gasteiger partial charge in [-0.05, 0) is 32.1 Å². The van der Waals surface area contributed by atoms with E-state index in [1.54, 1.807) is 6.08 Å². The van der Waals surface area contributed by atoms with Crippen LogP contribution in [0.15, 0.2) is 12.2 Å². The molecule has 6 nitrogen and oxygen atoms in total. The normalized spacial score (nSPS) is 12.6. The largest absolute Gasteiger partial charge is 0.466 e. The van der Waals surface area contributed by atoms with Crippen molar-refractivity contribution in [3.63, 3.8) is 0 Å². The number of ether oxygens (including phenoxy) is 1. The molecule has 63 heavy (non-hydrogen) atoms. The summed E-state index contributed by atoms with van der Waals surface area (Å²) >= 11 is 0. The molecule has 0 saturated heterocycles. The Kier molecular flexibility index (Phi) is 52.0. The van der Waals surface area contributed by atoms with E-state index >= 15 is 0 Å². The summed E-state index contributed by atoms with van der Waals surface area (Å²) in [7, 11) is 0. The Bertz CT molecular complexity index is 939. The Hall–Kier alpha value is -1.40. The molecule has 0 aromatic carbocycles. The molecule has 0 heterocycles. The molecule has 0 saturated carbocycles. The molecule has 0 spiro atoms. The minimum Gasteiger partial charge on any atom is -0.466 e. The van der Waals surface area contributed by atoms with Crippen molar-refractivity contribution in [3.05, 3.63) is 12.2 Å². The van der Waals surface area contributed by atoms with Gasteiger partial charge in [0.15, 0.2) is 0 Å². The van der Waals surface area contributed by atoms with E-state index in [1.807, 2.05) is 6.08 Å². The molecule has 0 aliphatic heterocycles. The van der Waals surface area contributed by atoms with Gasteiger partial charge in [0.1, 0.15) is 0 Å². The number of allylic oxidation sites excluding steroid dienone is 1. The van der Waals surface area contributed by atoms with Gasteiger partial charge in [-0.25, -0.2) is 0 Å². The molecule has 0 rings (SSSR count). The Balaban J connectivity index is 3.48. The zero-order valence-electron chi connectivity index (χ0n) is 42.6. The van der Waals surface area contributed by atoms with Gasteiger partial charge < -0.3 is 20.3 Å². The minimum absolute atomic E-state index is 0.0117. The predicted molar refractivity (Wildman–Crippen MR) is 273 cm³/mol. The highest BCUT2D eigenvalue weighted by Crippen LogP contribution is 2.17. The van der Waals surface area contributed by atoms with E-state index in [-0.39, 0.29) is 18.5 Å². The lowest BCUT2D eigenvalue weighted by atomic mass is 10.0. The number of nitrogens with one attached hydrogen (secondary N) is 1. The summed E-state index contributed by atoms with van der Waals surface area (Å²) in [5.41, 5.74) is 0. The summed E-state index contributed by atoms with van der Waals surface area (Å²) < 4.78 is 5.47. The Morgan fingerprint density at radius 3 is 1.08 bits per heavy atom. The van der Waals surface area contributed by atoms with E-state index in [1.165, 1.54) is 231 Å². The van der Waals surface area contributed by atoms with Crippen molar-refractivity contribution in [1.29, 1.82) is 0 Å². The van der Waals surface area contributed by atoms with E-state index in [0.717, 1.165) is 57.8 Å². The van der Waals surface area contributed by atoms with Crippen LogP contribution < -0.4 is 5.32 Å². The molecule has 0 aromatic rings. The Morgan fingerprint density at radius 1 is 0.429 bits per heavy atom.